The van der Waals surface area contributed by atoms with Crippen LogP contribution < -0.4 is 5.73 Å². The van der Waals surface area contributed by atoms with E-state index in [4.69, 9.17) is 5.73 Å². The van der Waals surface area contributed by atoms with E-state index in [0.29, 0.717) is 23.1 Å². The zero-order chi connectivity index (χ0) is 15.6. The van der Waals surface area contributed by atoms with Crippen LogP contribution in [0.2, 0.25) is 0 Å². The minimum atomic E-state index is -0.231. The number of hydrogen-bond donors (Lipinski definition) is 1. The quantitative estimate of drug-likeness (QED) is 0.832. The van der Waals surface area contributed by atoms with E-state index in [-0.39, 0.29) is 5.82 Å². The number of nitrogens with zero attached hydrogens (tertiary/aromatic N) is 3. The molecular formula is C16H25FN4. The SMILES string of the molecule is Cc1cc2c(cc1F)nc(N)n2CCCCN(C)C(C)C. The molecule has 0 radical (unpaired) electrons. The molecule has 0 spiro atoms. The van der Waals surface area contributed by atoms with Crippen molar-refractivity contribution in [3.05, 3.63) is 23.5 Å². The first-order valence-corrected chi connectivity index (χ1v) is 7.52. The first-order valence-electron chi connectivity index (χ1n) is 7.52. The predicted octanol–water partition coefficient (Wildman–Crippen LogP) is 3.19. The van der Waals surface area contributed by atoms with Gasteiger partial charge in [0, 0.05) is 18.7 Å². The normalized spacial score (nSPS) is 12.0. The van der Waals surface area contributed by atoms with Crippen LogP contribution in [0.25, 0.3) is 11.0 Å². The molecule has 0 aliphatic carbocycles. The van der Waals surface area contributed by atoms with Gasteiger partial charge in [-0.2, -0.15) is 0 Å². The molecule has 0 unspecified atom stereocenters. The molecule has 0 aliphatic rings. The van der Waals surface area contributed by atoms with Crippen LogP contribution in [0.5, 0.6) is 0 Å². The molecule has 0 bridgehead atoms. The van der Waals surface area contributed by atoms with E-state index in [2.05, 4.69) is 30.8 Å². The average molecular weight is 292 g/mol. The van der Waals surface area contributed by atoms with Gasteiger partial charge in [-0.15, -0.1) is 0 Å². The summed E-state index contributed by atoms with van der Waals surface area (Å²) in [5.74, 6) is 0.234. The van der Waals surface area contributed by atoms with E-state index in [1.54, 1.807) is 6.92 Å². The Morgan fingerprint density at radius 3 is 2.71 bits per heavy atom. The van der Waals surface area contributed by atoms with Crippen LogP contribution in [0.4, 0.5) is 10.3 Å². The van der Waals surface area contributed by atoms with Crippen molar-refractivity contribution in [2.45, 2.75) is 46.2 Å². The summed E-state index contributed by atoms with van der Waals surface area (Å²) in [6.07, 6.45) is 2.14. The molecule has 2 rings (SSSR count). The first-order chi connectivity index (χ1) is 9.90. The Kier molecular flexibility index (Phi) is 4.83. The number of halogens is 1. The van der Waals surface area contributed by atoms with E-state index >= 15 is 0 Å². The van der Waals surface area contributed by atoms with E-state index in [9.17, 15) is 4.39 Å². The fraction of sp³-hybridized carbons (Fsp3) is 0.562. The van der Waals surface area contributed by atoms with Gasteiger partial charge in [0.1, 0.15) is 5.82 Å². The van der Waals surface area contributed by atoms with Gasteiger partial charge in [0.05, 0.1) is 11.0 Å². The number of imidazole rings is 1. The molecule has 0 saturated heterocycles. The monoisotopic (exact) mass is 292 g/mol. The maximum absolute atomic E-state index is 13.6. The molecule has 2 aromatic rings. The van der Waals surface area contributed by atoms with Crippen molar-refractivity contribution in [2.24, 2.45) is 0 Å². The summed E-state index contributed by atoms with van der Waals surface area (Å²) in [7, 11) is 2.14. The summed E-state index contributed by atoms with van der Waals surface area (Å²) in [6, 6.07) is 3.85. The summed E-state index contributed by atoms with van der Waals surface area (Å²) in [6.45, 7) is 8.04. The third kappa shape index (κ3) is 3.53. The molecular weight excluding hydrogens is 267 g/mol. The van der Waals surface area contributed by atoms with Crippen molar-refractivity contribution in [3.63, 3.8) is 0 Å². The van der Waals surface area contributed by atoms with Crippen molar-refractivity contribution in [1.82, 2.24) is 14.5 Å². The highest BCUT2D eigenvalue weighted by molar-refractivity contribution is 5.79. The Labute approximate surface area is 125 Å². The summed E-state index contributed by atoms with van der Waals surface area (Å²) in [4.78, 5) is 6.58. The largest absolute Gasteiger partial charge is 0.369 e. The van der Waals surface area contributed by atoms with Gasteiger partial charge >= 0.3 is 0 Å². The number of benzene rings is 1. The molecule has 2 N–H and O–H groups in total. The van der Waals surface area contributed by atoms with Crippen molar-refractivity contribution in [3.8, 4) is 0 Å². The van der Waals surface area contributed by atoms with Crippen molar-refractivity contribution < 1.29 is 4.39 Å². The highest BCUT2D eigenvalue weighted by atomic mass is 19.1. The fourth-order valence-corrected chi connectivity index (χ4v) is 2.39. The lowest BCUT2D eigenvalue weighted by atomic mass is 10.2. The molecule has 21 heavy (non-hydrogen) atoms. The van der Waals surface area contributed by atoms with Crippen LogP contribution in [-0.4, -0.2) is 34.1 Å². The Morgan fingerprint density at radius 2 is 2.05 bits per heavy atom. The minimum absolute atomic E-state index is 0.231. The lowest BCUT2D eigenvalue weighted by Gasteiger charge is -2.20. The molecule has 0 aliphatic heterocycles. The molecule has 1 aromatic carbocycles. The highest BCUT2D eigenvalue weighted by Crippen LogP contribution is 2.22. The van der Waals surface area contributed by atoms with Gasteiger partial charge in [0.25, 0.3) is 0 Å². The lowest BCUT2D eigenvalue weighted by Crippen LogP contribution is -2.27. The zero-order valence-electron chi connectivity index (χ0n) is 13.4. The standard InChI is InChI=1S/C16H25FN4/c1-11(2)20(4)7-5-6-8-21-15-9-12(3)13(17)10-14(15)19-16(21)18/h9-11H,5-8H2,1-4H3,(H2,18,19). The fourth-order valence-electron chi connectivity index (χ4n) is 2.39. The average Bonchev–Trinajstić information content (AvgIpc) is 2.70. The number of rotatable bonds is 6. The van der Waals surface area contributed by atoms with Crippen LogP contribution in [0.15, 0.2) is 12.1 Å². The van der Waals surface area contributed by atoms with Gasteiger partial charge in [-0.25, -0.2) is 9.37 Å². The number of nitrogen functional groups attached to an aromatic ring is 1. The Morgan fingerprint density at radius 1 is 1.33 bits per heavy atom. The van der Waals surface area contributed by atoms with Gasteiger partial charge in [0.15, 0.2) is 0 Å². The van der Waals surface area contributed by atoms with Gasteiger partial charge < -0.3 is 15.2 Å². The second kappa shape index (κ2) is 6.43. The van der Waals surface area contributed by atoms with Crippen molar-refractivity contribution in [2.75, 3.05) is 19.3 Å². The molecule has 0 fully saturated rings. The number of aryl methyl sites for hydroxylation is 2. The predicted molar refractivity (Wildman–Crippen MR) is 85.8 cm³/mol. The number of aromatic nitrogens is 2. The van der Waals surface area contributed by atoms with Gasteiger partial charge in [-0.1, -0.05) is 0 Å². The second-order valence-corrected chi connectivity index (χ2v) is 5.99. The summed E-state index contributed by atoms with van der Waals surface area (Å²) >= 11 is 0. The van der Waals surface area contributed by atoms with Crippen LogP contribution in [0, 0.1) is 12.7 Å². The second-order valence-electron chi connectivity index (χ2n) is 5.99. The maximum Gasteiger partial charge on any atom is 0.201 e. The van der Waals surface area contributed by atoms with Crippen LogP contribution in [0.1, 0.15) is 32.3 Å². The molecule has 0 saturated carbocycles. The molecule has 5 heteroatoms. The number of unbranched alkanes of at least 4 members (excludes halogenated alkanes) is 1. The van der Waals surface area contributed by atoms with E-state index in [1.807, 2.05) is 10.6 Å². The maximum atomic E-state index is 13.6. The van der Waals surface area contributed by atoms with Gasteiger partial charge in [-0.3, -0.25) is 0 Å². The van der Waals surface area contributed by atoms with E-state index < -0.39 is 0 Å². The molecule has 0 amide bonds. The molecule has 0 atom stereocenters. The molecule has 1 aromatic heterocycles. The summed E-state index contributed by atoms with van der Waals surface area (Å²) < 4.78 is 15.5. The molecule has 1 heterocycles. The topological polar surface area (TPSA) is 47.1 Å². The molecule has 4 nitrogen and oxygen atoms in total. The zero-order valence-corrected chi connectivity index (χ0v) is 13.4. The number of hydrogen-bond acceptors (Lipinski definition) is 3. The first kappa shape index (κ1) is 15.8. The lowest BCUT2D eigenvalue weighted by molar-refractivity contribution is 0.266. The van der Waals surface area contributed by atoms with Gasteiger partial charge in [-0.05, 0) is 58.8 Å². The third-order valence-corrected chi connectivity index (χ3v) is 4.08. The Balaban J connectivity index is 2.05. The third-order valence-electron chi connectivity index (χ3n) is 4.08. The van der Waals surface area contributed by atoms with Crippen molar-refractivity contribution >= 4 is 17.0 Å². The number of nitrogens with two attached hydrogens (primary N) is 1. The molecule has 116 valence electrons. The highest BCUT2D eigenvalue weighted by Gasteiger charge is 2.11. The Hall–Kier alpha value is -1.62. The summed E-state index contributed by atoms with van der Waals surface area (Å²) in [5.41, 5.74) is 8.14. The van der Waals surface area contributed by atoms with Crippen LogP contribution in [-0.2, 0) is 6.54 Å². The smallest absolute Gasteiger partial charge is 0.201 e. The number of fused-ring (bicyclic) bond motifs is 1. The van der Waals surface area contributed by atoms with E-state index in [1.165, 1.54) is 6.07 Å². The Bertz CT molecular complexity index is 618. The van der Waals surface area contributed by atoms with E-state index in [0.717, 1.165) is 31.4 Å². The summed E-state index contributed by atoms with van der Waals surface area (Å²) in [5, 5.41) is 0. The number of anilines is 1. The van der Waals surface area contributed by atoms with Crippen LogP contribution >= 0.6 is 0 Å². The van der Waals surface area contributed by atoms with Crippen molar-refractivity contribution in [1.29, 1.82) is 0 Å². The van der Waals surface area contributed by atoms with Crippen LogP contribution in [0.3, 0.4) is 0 Å². The minimum Gasteiger partial charge on any atom is -0.369 e. The van der Waals surface area contributed by atoms with Gasteiger partial charge in [0.2, 0.25) is 5.95 Å².